The fourth-order valence-corrected chi connectivity index (χ4v) is 2.88. The van der Waals surface area contributed by atoms with E-state index in [9.17, 15) is 0 Å². The molecular formula is C13H16BrN3. The van der Waals surface area contributed by atoms with Crippen LogP contribution in [-0.2, 0) is 0 Å². The molecule has 1 aliphatic heterocycles. The molecule has 2 N–H and O–H groups in total. The molecule has 2 unspecified atom stereocenters. The van der Waals surface area contributed by atoms with Crippen LogP contribution >= 0.6 is 15.9 Å². The molecule has 1 fully saturated rings. The summed E-state index contributed by atoms with van der Waals surface area (Å²) >= 11 is 3.48. The van der Waals surface area contributed by atoms with E-state index in [-0.39, 0.29) is 0 Å². The Balaban J connectivity index is 1.91. The Morgan fingerprint density at radius 1 is 1.41 bits per heavy atom. The van der Waals surface area contributed by atoms with Crippen LogP contribution in [0.1, 0.15) is 38.1 Å². The van der Waals surface area contributed by atoms with Crippen LogP contribution in [0.5, 0.6) is 0 Å². The van der Waals surface area contributed by atoms with Crippen LogP contribution in [0.4, 0.5) is 0 Å². The second-order valence-electron chi connectivity index (χ2n) is 4.69. The summed E-state index contributed by atoms with van der Waals surface area (Å²) in [6, 6.07) is 7.21. The van der Waals surface area contributed by atoms with Crippen LogP contribution in [0.25, 0.3) is 11.0 Å². The third kappa shape index (κ3) is 2.11. The number of hydrogen-bond donors (Lipinski definition) is 2. The van der Waals surface area contributed by atoms with Gasteiger partial charge < -0.3 is 10.3 Å². The summed E-state index contributed by atoms with van der Waals surface area (Å²) in [7, 11) is 0. The molecule has 1 aromatic heterocycles. The van der Waals surface area contributed by atoms with Gasteiger partial charge in [0.15, 0.2) is 0 Å². The van der Waals surface area contributed by atoms with Gasteiger partial charge in [-0.2, -0.15) is 0 Å². The maximum absolute atomic E-state index is 4.67. The summed E-state index contributed by atoms with van der Waals surface area (Å²) in [4.78, 5) is 8.09. The molecule has 0 spiro atoms. The van der Waals surface area contributed by atoms with E-state index < -0.39 is 0 Å². The van der Waals surface area contributed by atoms with Crippen molar-refractivity contribution in [1.82, 2.24) is 15.3 Å². The maximum Gasteiger partial charge on any atom is 0.124 e. The molecular weight excluding hydrogens is 278 g/mol. The maximum atomic E-state index is 4.67. The van der Waals surface area contributed by atoms with E-state index in [1.165, 1.54) is 19.3 Å². The Bertz CT molecular complexity index is 534. The monoisotopic (exact) mass is 293 g/mol. The topological polar surface area (TPSA) is 40.7 Å². The van der Waals surface area contributed by atoms with Crippen LogP contribution < -0.4 is 5.32 Å². The molecule has 1 saturated heterocycles. The highest BCUT2D eigenvalue weighted by Gasteiger charge is 2.25. The first kappa shape index (κ1) is 11.2. The van der Waals surface area contributed by atoms with Gasteiger partial charge in [-0.25, -0.2) is 4.98 Å². The molecule has 90 valence electrons. The molecule has 1 aliphatic rings. The Morgan fingerprint density at radius 2 is 2.29 bits per heavy atom. The molecule has 0 saturated carbocycles. The average Bonchev–Trinajstić information content (AvgIpc) is 2.93. The van der Waals surface area contributed by atoms with Crippen molar-refractivity contribution in [2.24, 2.45) is 0 Å². The van der Waals surface area contributed by atoms with Crippen molar-refractivity contribution in [3.05, 3.63) is 28.5 Å². The fourth-order valence-electron chi connectivity index (χ4n) is 2.52. The number of rotatable bonds is 2. The van der Waals surface area contributed by atoms with Crippen molar-refractivity contribution in [1.29, 1.82) is 0 Å². The highest BCUT2D eigenvalue weighted by Crippen LogP contribution is 2.28. The van der Waals surface area contributed by atoms with E-state index in [1.54, 1.807) is 0 Å². The zero-order valence-electron chi connectivity index (χ0n) is 9.83. The van der Waals surface area contributed by atoms with E-state index in [0.29, 0.717) is 12.1 Å². The SMILES string of the molecule is CCC1CCC(c2nc3ccc(Br)cc3[nH]2)N1. The lowest BCUT2D eigenvalue weighted by Gasteiger charge is -2.09. The summed E-state index contributed by atoms with van der Waals surface area (Å²) in [6.07, 6.45) is 3.63. The molecule has 0 bridgehead atoms. The van der Waals surface area contributed by atoms with Crippen LogP contribution in [-0.4, -0.2) is 16.0 Å². The van der Waals surface area contributed by atoms with Crippen molar-refractivity contribution < 1.29 is 0 Å². The first-order valence-corrected chi connectivity index (χ1v) is 6.97. The number of halogens is 1. The summed E-state index contributed by atoms with van der Waals surface area (Å²) in [5.74, 6) is 1.08. The van der Waals surface area contributed by atoms with Crippen molar-refractivity contribution in [2.75, 3.05) is 0 Å². The summed E-state index contributed by atoms with van der Waals surface area (Å²) < 4.78 is 1.09. The molecule has 3 nitrogen and oxygen atoms in total. The fraction of sp³-hybridized carbons (Fsp3) is 0.462. The molecule has 4 heteroatoms. The van der Waals surface area contributed by atoms with Crippen LogP contribution in [0.3, 0.4) is 0 Å². The second kappa shape index (κ2) is 4.42. The van der Waals surface area contributed by atoms with Gasteiger partial charge in [-0.3, -0.25) is 0 Å². The van der Waals surface area contributed by atoms with Gasteiger partial charge in [-0.1, -0.05) is 22.9 Å². The van der Waals surface area contributed by atoms with Crippen molar-refractivity contribution in [2.45, 2.75) is 38.3 Å². The highest BCUT2D eigenvalue weighted by atomic mass is 79.9. The third-order valence-electron chi connectivity index (χ3n) is 3.53. The Labute approximate surface area is 109 Å². The number of nitrogens with one attached hydrogen (secondary N) is 2. The van der Waals surface area contributed by atoms with Gasteiger partial charge in [0.2, 0.25) is 0 Å². The standard InChI is InChI=1S/C13H16BrN3/c1-2-9-4-6-11(15-9)13-16-10-5-3-8(14)7-12(10)17-13/h3,5,7,9,11,15H,2,4,6H2,1H3,(H,16,17). The Morgan fingerprint density at radius 3 is 3.06 bits per heavy atom. The first-order chi connectivity index (χ1) is 8.26. The lowest BCUT2D eigenvalue weighted by atomic mass is 10.1. The Hall–Kier alpha value is -0.870. The molecule has 3 rings (SSSR count). The molecule has 0 radical (unpaired) electrons. The van der Waals surface area contributed by atoms with Gasteiger partial charge >= 0.3 is 0 Å². The third-order valence-corrected chi connectivity index (χ3v) is 4.02. The largest absolute Gasteiger partial charge is 0.341 e. The molecule has 1 aromatic carbocycles. The van der Waals surface area contributed by atoms with E-state index in [0.717, 1.165) is 21.3 Å². The second-order valence-corrected chi connectivity index (χ2v) is 5.60. The predicted molar refractivity (Wildman–Crippen MR) is 73.0 cm³/mol. The van der Waals surface area contributed by atoms with Gasteiger partial charge in [0.25, 0.3) is 0 Å². The molecule has 0 amide bonds. The number of benzene rings is 1. The van der Waals surface area contributed by atoms with Gasteiger partial charge in [-0.15, -0.1) is 0 Å². The highest BCUT2D eigenvalue weighted by molar-refractivity contribution is 9.10. The smallest absolute Gasteiger partial charge is 0.124 e. The normalized spacial score (nSPS) is 24.6. The summed E-state index contributed by atoms with van der Waals surface area (Å²) in [5.41, 5.74) is 2.15. The summed E-state index contributed by atoms with van der Waals surface area (Å²) in [6.45, 7) is 2.23. The van der Waals surface area contributed by atoms with E-state index in [4.69, 9.17) is 0 Å². The zero-order chi connectivity index (χ0) is 11.8. The van der Waals surface area contributed by atoms with Gasteiger partial charge in [0.1, 0.15) is 5.82 Å². The van der Waals surface area contributed by atoms with Crippen LogP contribution in [0, 0.1) is 0 Å². The van der Waals surface area contributed by atoms with Crippen LogP contribution in [0.15, 0.2) is 22.7 Å². The molecule has 2 heterocycles. The van der Waals surface area contributed by atoms with Crippen molar-refractivity contribution >= 4 is 27.0 Å². The Kier molecular flexibility index (Phi) is 2.92. The number of aromatic nitrogens is 2. The molecule has 17 heavy (non-hydrogen) atoms. The van der Waals surface area contributed by atoms with E-state index in [2.05, 4.69) is 44.2 Å². The zero-order valence-corrected chi connectivity index (χ0v) is 11.4. The lowest BCUT2D eigenvalue weighted by Crippen LogP contribution is -2.23. The minimum Gasteiger partial charge on any atom is -0.341 e. The number of aromatic amines is 1. The van der Waals surface area contributed by atoms with Gasteiger partial charge in [0, 0.05) is 10.5 Å². The van der Waals surface area contributed by atoms with Crippen molar-refractivity contribution in [3.8, 4) is 0 Å². The van der Waals surface area contributed by atoms with E-state index in [1.807, 2.05) is 12.1 Å². The number of nitrogens with zero attached hydrogens (tertiary/aromatic N) is 1. The molecule has 0 aliphatic carbocycles. The first-order valence-electron chi connectivity index (χ1n) is 6.17. The summed E-state index contributed by atoms with van der Waals surface area (Å²) in [5, 5.41) is 3.63. The number of H-pyrrole nitrogens is 1. The van der Waals surface area contributed by atoms with Crippen LogP contribution in [0.2, 0.25) is 0 Å². The van der Waals surface area contributed by atoms with Crippen molar-refractivity contribution in [3.63, 3.8) is 0 Å². The predicted octanol–water partition coefficient (Wildman–Crippen LogP) is 3.53. The lowest BCUT2D eigenvalue weighted by molar-refractivity contribution is 0.528. The number of fused-ring (bicyclic) bond motifs is 1. The average molecular weight is 294 g/mol. The minimum absolute atomic E-state index is 0.395. The number of hydrogen-bond acceptors (Lipinski definition) is 2. The molecule has 2 atom stereocenters. The molecule has 2 aromatic rings. The van der Waals surface area contributed by atoms with E-state index >= 15 is 0 Å². The van der Waals surface area contributed by atoms with Gasteiger partial charge in [-0.05, 0) is 37.5 Å². The quantitative estimate of drug-likeness (QED) is 0.889. The van der Waals surface area contributed by atoms with Gasteiger partial charge in [0.05, 0.1) is 17.1 Å². The minimum atomic E-state index is 0.395. The number of imidazole rings is 1.